The molecular weight excluding hydrogens is 244 g/mol. The van der Waals surface area contributed by atoms with E-state index >= 15 is 0 Å². The summed E-state index contributed by atoms with van der Waals surface area (Å²) < 4.78 is 0. The highest BCUT2D eigenvalue weighted by Gasteiger charge is 2.38. The van der Waals surface area contributed by atoms with Gasteiger partial charge in [0.25, 0.3) is 5.91 Å². The molecular formula is C14H16N2O3. The van der Waals surface area contributed by atoms with E-state index < -0.39 is 11.9 Å². The molecule has 0 saturated heterocycles. The van der Waals surface area contributed by atoms with Crippen molar-refractivity contribution in [3.63, 3.8) is 0 Å². The second-order valence-corrected chi connectivity index (χ2v) is 5.21. The van der Waals surface area contributed by atoms with E-state index in [1.54, 1.807) is 12.1 Å². The smallest absolute Gasteiger partial charge is 0.312 e. The number of carbonyl (C=O) groups excluding carboxylic acids is 1. The molecule has 0 bridgehead atoms. The summed E-state index contributed by atoms with van der Waals surface area (Å²) in [6.45, 7) is 0.689. The molecule has 1 aliphatic carbocycles. The molecule has 100 valence electrons. The van der Waals surface area contributed by atoms with E-state index in [1.807, 2.05) is 11.0 Å². The first-order valence-electron chi connectivity index (χ1n) is 6.48. The fourth-order valence-corrected chi connectivity index (χ4v) is 2.62. The maximum absolute atomic E-state index is 12.3. The lowest BCUT2D eigenvalue weighted by Gasteiger charge is -2.13. The molecule has 1 unspecified atom stereocenters. The topological polar surface area (TPSA) is 83.6 Å². The van der Waals surface area contributed by atoms with Crippen molar-refractivity contribution in [1.29, 1.82) is 0 Å². The number of nitrogens with zero attached hydrogens (tertiary/aromatic N) is 1. The molecule has 1 amide bonds. The van der Waals surface area contributed by atoms with Crippen molar-refractivity contribution in [1.82, 2.24) is 4.90 Å². The van der Waals surface area contributed by atoms with Crippen molar-refractivity contribution in [2.75, 3.05) is 6.54 Å². The molecule has 1 heterocycles. The fourth-order valence-electron chi connectivity index (χ4n) is 2.62. The quantitative estimate of drug-likeness (QED) is 0.843. The first kappa shape index (κ1) is 12.2. The first-order valence-corrected chi connectivity index (χ1v) is 6.48. The number of amides is 1. The maximum atomic E-state index is 12.3. The van der Waals surface area contributed by atoms with Gasteiger partial charge in [-0.25, -0.2) is 0 Å². The van der Waals surface area contributed by atoms with Gasteiger partial charge in [-0.3, -0.25) is 9.59 Å². The lowest BCUT2D eigenvalue weighted by molar-refractivity contribution is -0.138. The van der Waals surface area contributed by atoms with Crippen molar-refractivity contribution in [2.24, 2.45) is 5.73 Å². The Morgan fingerprint density at radius 2 is 2.21 bits per heavy atom. The van der Waals surface area contributed by atoms with Gasteiger partial charge in [-0.2, -0.15) is 0 Å². The second-order valence-electron chi connectivity index (χ2n) is 5.21. The van der Waals surface area contributed by atoms with E-state index in [2.05, 4.69) is 0 Å². The zero-order valence-electron chi connectivity index (χ0n) is 10.5. The summed E-state index contributed by atoms with van der Waals surface area (Å²) >= 11 is 0. The molecule has 0 aromatic heterocycles. The molecule has 0 spiro atoms. The summed E-state index contributed by atoms with van der Waals surface area (Å²) in [5, 5.41) is 9.12. The first-order chi connectivity index (χ1) is 9.11. The van der Waals surface area contributed by atoms with Crippen molar-refractivity contribution in [2.45, 2.75) is 31.3 Å². The van der Waals surface area contributed by atoms with Crippen molar-refractivity contribution in [3.8, 4) is 0 Å². The van der Waals surface area contributed by atoms with Gasteiger partial charge in [-0.15, -0.1) is 0 Å². The number of rotatable bonds is 4. The molecule has 1 aromatic rings. The van der Waals surface area contributed by atoms with Gasteiger partial charge in [0.05, 0.1) is 5.92 Å². The molecule has 2 aliphatic rings. The predicted octanol–water partition coefficient (Wildman–Crippen LogP) is 0.932. The Kier molecular flexibility index (Phi) is 2.78. The number of aliphatic carboxylic acids is 1. The molecule has 5 nitrogen and oxygen atoms in total. The SMILES string of the molecule is NCC(C(=O)O)c1ccc2c(c1)C(=O)N(C1CC1)C2. The number of benzene rings is 1. The molecule has 3 N–H and O–H groups in total. The normalized spacial score (nSPS) is 19.4. The minimum Gasteiger partial charge on any atom is -0.481 e. The van der Waals surface area contributed by atoms with Crippen LogP contribution in [0.4, 0.5) is 0 Å². The van der Waals surface area contributed by atoms with Crippen LogP contribution in [0, 0.1) is 0 Å². The highest BCUT2D eigenvalue weighted by molar-refractivity contribution is 5.99. The van der Waals surface area contributed by atoms with Crippen LogP contribution >= 0.6 is 0 Å². The average Bonchev–Trinajstić information content (AvgIpc) is 3.16. The number of fused-ring (bicyclic) bond motifs is 1. The molecule has 1 aromatic carbocycles. The summed E-state index contributed by atoms with van der Waals surface area (Å²) in [5.74, 6) is -1.67. The van der Waals surface area contributed by atoms with Gasteiger partial charge >= 0.3 is 5.97 Å². The molecule has 1 fully saturated rings. The standard InChI is InChI=1S/C14H16N2O3/c15-6-12(14(18)19)8-1-2-9-7-16(10-3-4-10)13(17)11(9)5-8/h1-2,5,10,12H,3-4,6-7,15H2,(H,18,19). The van der Waals surface area contributed by atoms with E-state index in [0.717, 1.165) is 18.4 Å². The summed E-state index contributed by atoms with van der Waals surface area (Å²) in [5.41, 5.74) is 7.74. The minimum atomic E-state index is -0.952. The molecule has 1 aliphatic heterocycles. The van der Waals surface area contributed by atoms with Crippen LogP contribution in [0.1, 0.15) is 40.2 Å². The Bertz CT molecular complexity index is 552. The van der Waals surface area contributed by atoms with Crippen molar-refractivity contribution >= 4 is 11.9 Å². The van der Waals surface area contributed by atoms with Crippen LogP contribution < -0.4 is 5.73 Å². The summed E-state index contributed by atoms with van der Waals surface area (Å²) in [7, 11) is 0. The van der Waals surface area contributed by atoms with Crippen LogP contribution in [0.5, 0.6) is 0 Å². The molecule has 1 saturated carbocycles. The van der Waals surface area contributed by atoms with Gasteiger partial charge in [-0.05, 0) is 30.0 Å². The fraction of sp³-hybridized carbons (Fsp3) is 0.429. The van der Waals surface area contributed by atoms with Gasteiger partial charge in [0.2, 0.25) is 0 Å². The van der Waals surface area contributed by atoms with Crippen LogP contribution in [0.25, 0.3) is 0 Å². The number of hydrogen-bond acceptors (Lipinski definition) is 3. The second kappa shape index (κ2) is 4.35. The number of hydrogen-bond donors (Lipinski definition) is 2. The Morgan fingerprint density at radius 1 is 1.47 bits per heavy atom. The molecule has 19 heavy (non-hydrogen) atoms. The average molecular weight is 260 g/mol. The zero-order valence-corrected chi connectivity index (χ0v) is 10.5. The Morgan fingerprint density at radius 3 is 2.79 bits per heavy atom. The van der Waals surface area contributed by atoms with Crippen LogP contribution in [-0.4, -0.2) is 34.5 Å². The summed E-state index contributed by atoms with van der Waals surface area (Å²) in [6, 6.07) is 5.71. The lowest BCUT2D eigenvalue weighted by Crippen LogP contribution is -2.26. The largest absolute Gasteiger partial charge is 0.481 e. The van der Waals surface area contributed by atoms with E-state index in [4.69, 9.17) is 10.8 Å². The van der Waals surface area contributed by atoms with Crippen LogP contribution in [0.2, 0.25) is 0 Å². The van der Waals surface area contributed by atoms with Gasteiger partial charge in [0.1, 0.15) is 0 Å². The van der Waals surface area contributed by atoms with Gasteiger partial charge in [0, 0.05) is 24.7 Å². The van der Waals surface area contributed by atoms with Gasteiger partial charge in [-0.1, -0.05) is 12.1 Å². The third kappa shape index (κ3) is 2.00. The van der Waals surface area contributed by atoms with E-state index in [9.17, 15) is 9.59 Å². The number of carboxylic acids is 1. The highest BCUT2D eigenvalue weighted by atomic mass is 16.4. The Balaban J connectivity index is 1.93. The van der Waals surface area contributed by atoms with Crippen LogP contribution in [0.3, 0.4) is 0 Å². The molecule has 5 heteroatoms. The monoisotopic (exact) mass is 260 g/mol. The Labute approximate surface area is 111 Å². The number of carbonyl (C=O) groups is 2. The van der Waals surface area contributed by atoms with Crippen molar-refractivity contribution < 1.29 is 14.7 Å². The number of carboxylic acid groups (broad SMARTS) is 1. The maximum Gasteiger partial charge on any atom is 0.312 e. The zero-order chi connectivity index (χ0) is 13.6. The number of nitrogens with two attached hydrogens (primary N) is 1. The van der Waals surface area contributed by atoms with Crippen LogP contribution in [-0.2, 0) is 11.3 Å². The van der Waals surface area contributed by atoms with Crippen LogP contribution in [0.15, 0.2) is 18.2 Å². The van der Waals surface area contributed by atoms with E-state index in [1.165, 1.54) is 0 Å². The third-order valence-corrected chi connectivity index (χ3v) is 3.89. The third-order valence-electron chi connectivity index (χ3n) is 3.89. The van der Waals surface area contributed by atoms with Gasteiger partial charge in [0.15, 0.2) is 0 Å². The van der Waals surface area contributed by atoms with Gasteiger partial charge < -0.3 is 15.7 Å². The predicted molar refractivity (Wildman–Crippen MR) is 68.8 cm³/mol. The van der Waals surface area contributed by atoms with E-state index in [0.29, 0.717) is 23.7 Å². The lowest BCUT2D eigenvalue weighted by atomic mass is 9.96. The minimum absolute atomic E-state index is 0.0283. The molecule has 3 rings (SSSR count). The summed E-state index contributed by atoms with van der Waals surface area (Å²) in [4.78, 5) is 25.3. The highest BCUT2D eigenvalue weighted by Crippen LogP contribution is 2.35. The molecule has 1 atom stereocenters. The summed E-state index contributed by atoms with van der Waals surface area (Å²) in [6.07, 6.45) is 2.15. The molecule has 0 radical (unpaired) electrons. The van der Waals surface area contributed by atoms with Crippen molar-refractivity contribution in [3.05, 3.63) is 34.9 Å². The van der Waals surface area contributed by atoms with E-state index in [-0.39, 0.29) is 12.5 Å². The Hall–Kier alpha value is -1.88.